The molecule has 2 aromatic rings. The van der Waals surface area contributed by atoms with Gasteiger partial charge in [0.1, 0.15) is 17.1 Å². The zero-order valence-electron chi connectivity index (χ0n) is 22.0. The number of aryl methyl sites for hydroxylation is 1. The molecule has 0 saturated heterocycles. The standard InChI is InChI=1S/C31H36F6O/c1-3-21-9-17-26(18-10-21)38-31(36,37)27-19-16-25(28(29(27)32)30(33,34)35)15-8-22-6-13-24(14-7-22)23-11-4-20(2)5-12-23/h8-10,15-20,22-24H,3-7,11-14H2,1-2H3. The Morgan fingerprint density at radius 2 is 1.39 bits per heavy atom. The van der Waals surface area contributed by atoms with Crippen molar-refractivity contribution in [2.45, 2.75) is 83.9 Å². The molecule has 0 N–H and O–H groups in total. The first-order valence-electron chi connectivity index (χ1n) is 13.7. The number of alkyl halides is 5. The van der Waals surface area contributed by atoms with Gasteiger partial charge in [-0.05, 0) is 97.9 Å². The van der Waals surface area contributed by atoms with Gasteiger partial charge >= 0.3 is 12.3 Å². The minimum Gasteiger partial charge on any atom is -0.429 e. The Kier molecular flexibility index (Phi) is 8.83. The predicted octanol–water partition coefficient (Wildman–Crippen LogP) is 10.2. The van der Waals surface area contributed by atoms with Gasteiger partial charge in [-0.1, -0.05) is 57.0 Å². The molecular weight excluding hydrogens is 502 g/mol. The number of benzene rings is 2. The molecule has 0 spiro atoms. The van der Waals surface area contributed by atoms with Gasteiger partial charge in [-0.3, -0.25) is 0 Å². The molecule has 4 rings (SSSR count). The first kappa shape index (κ1) is 28.6. The zero-order valence-corrected chi connectivity index (χ0v) is 22.0. The molecule has 2 saturated carbocycles. The highest BCUT2D eigenvalue weighted by atomic mass is 19.4. The molecule has 38 heavy (non-hydrogen) atoms. The van der Waals surface area contributed by atoms with Crippen LogP contribution >= 0.6 is 0 Å². The average molecular weight is 539 g/mol. The van der Waals surface area contributed by atoms with Crippen molar-refractivity contribution in [1.82, 2.24) is 0 Å². The SMILES string of the molecule is CCc1ccc(OC(F)(F)c2ccc(C=CC3CCC(C4CCC(C)CC4)CC3)c(C(F)(F)F)c2F)cc1. The lowest BCUT2D eigenvalue weighted by atomic mass is 9.69. The third-order valence-corrected chi connectivity index (χ3v) is 8.44. The summed E-state index contributed by atoms with van der Waals surface area (Å²) in [6.45, 7) is 4.18. The third kappa shape index (κ3) is 6.76. The highest BCUT2D eigenvalue weighted by molar-refractivity contribution is 5.57. The molecule has 2 aliphatic rings. The summed E-state index contributed by atoms with van der Waals surface area (Å²) in [6.07, 6.45) is 3.04. The van der Waals surface area contributed by atoms with Crippen molar-refractivity contribution in [1.29, 1.82) is 0 Å². The summed E-state index contributed by atoms with van der Waals surface area (Å²) in [5.74, 6) is 0.0121. The summed E-state index contributed by atoms with van der Waals surface area (Å²) < 4.78 is 91.0. The van der Waals surface area contributed by atoms with Crippen LogP contribution in [-0.4, -0.2) is 0 Å². The molecule has 0 heterocycles. The first-order chi connectivity index (χ1) is 18.0. The Morgan fingerprint density at radius 3 is 1.95 bits per heavy atom. The molecule has 0 aliphatic heterocycles. The molecule has 0 amide bonds. The van der Waals surface area contributed by atoms with E-state index in [9.17, 15) is 22.0 Å². The number of allylic oxidation sites excluding steroid dienone is 1. The van der Waals surface area contributed by atoms with E-state index in [2.05, 4.69) is 11.7 Å². The Hall–Kier alpha value is -2.44. The van der Waals surface area contributed by atoms with Crippen LogP contribution < -0.4 is 4.74 Å². The van der Waals surface area contributed by atoms with Gasteiger partial charge in [0, 0.05) is 0 Å². The third-order valence-electron chi connectivity index (χ3n) is 8.44. The van der Waals surface area contributed by atoms with Crippen molar-refractivity contribution in [2.24, 2.45) is 23.7 Å². The van der Waals surface area contributed by atoms with E-state index in [1.54, 1.807) is 18.2 Å². The fourth-order valence-electron chi connectivity index (χ4n) is 6.04. The zero-order chi connectivity index (χ0) is 27.5. The number of halogens is 6. The van der Waals surface area contributed by atoms with E-state index in [-0.39, 0.29) is 11.7 Å². The smallest absolute Gasteiger partial charge is 0.429 e. The molecule has 208 valence electrons. The summed E-state index contributed by atoms with van der Waals surface area (Å²) in [6, 6.07) is 7.31. The molecule has 1 nitrogen and oxygen atoms in total. The van der Waals surface area contributed by atoms with Gasteiger partial charge in [0.2, 0.25) is 0 Å². The first-order valence-corrected chi connectivity index (χ1v) is 13.7. The Balaban J connectivity index is 1.49. The van der Waals surface area contributed by atoms with Crippen molar-refractivity contribution >= 4 is 6.08 Å². The van der Waals surface area contributed by atoms with E-state index < -0.39 is 34.8 Å². The molecule has 2 aliphatic carbocycles. The lowest BCUT2D eigenvalue weighted by Crippen LogP contribution is -2.26. The van der Waals surface area contributed by atoms with E-state index in [0.29, 0.717) is 18.4 Å². The summed E-state index contributed by atoms with van der Waals surface area (Å²) in [5, 5.41) is 0. The summed E-state index contributed by atoms with van der Waals surface area (Å²) in [5.41, 5.74) is -2.71. The topological polar surface area (TPSA) is 9.23 Å². The van der Waals surface area contributed by atoms with Crippen molar-refractivity contribution in [3.05, 3.63) is 70.5 Å². The van der Waals surface area contributed by atoms with Gasteiger partial charge in [0.15, 0.2) is 0 Å². The lowest BCUT2D eigenvalue weighted by molar-refractivity contribution is -0.188. The van der Waals surface area contributed by atoms with Crippen LogP contribution in [0.4, 0.5) is 26.3 Å². The van der Waals surface area contributed by atoms with E-state index in [0.717, 1.165) is 49.1 Å². The number of rotatable bonds is 7. The summed E-state index contributed by atoms with van der Waals surface area (Å²) in [7, 11) is 0. The highest BCUT2D eigenvalue weighted by Crippen LogP contribution is 2.43. The summed E-state index contributed by atoms with van der Waals surface area (Å²) >= 11 is 0. The van der Waals surface area contributed by atoms with Crippen LogP contribution in [0.5, 0.6) is 5.75 Å². The van der Waals surface area contributed by atoms with Gasteiger partial charge < -0.3 is 4.74 Å². The van der Waals surface area contributed by atoms with Gasteiger partial charge in [0.05, 0.1) is 5.56 Å². The molecule has 0 bridgehead atoms. The van der Waals surface area contributed by atoms with Crippen LogP contribution in [0.15, 0.2) is 42.5 Å². The fourth-order valence-corrected chi connectivity index (χ4v) is 6.04. The van der Waals surface area contributed by atoms with Crippen molar-refractivity contribution in [2.75, 3.05) is 0 Å². The second-order valence-corrected chi connectivity index (χ2v) is 11.1. The van der Waals surface area contributed by atoms with Crippen LogP contribution in [0.2, 0.25) is 0 Å². The van der Waals surface area contributed by atoms with Crippen LogP contribution in [0.3, 0.4) is 0 Å². The molecule has 7 heteroatoms. The van der Waals surface area contributed by atoms with Crippen molar-refractivity contribution < 1.29 is 31.1 Å². The Morgan fingerprint density at radius 1 is 0.816 bits per heavy atom. The number of ether oxygens (including phenoxy) is 1. The molecule has 2 fully saturated rings. The largest absolute Gasteiger partial charge is 0.429 e. The quantitative estimate of drug-likeness (QED) is 0.319. The molecule has 0 atom stereocenters. The van der Waals surface area contributed by atoms with Crippen molar-refractivity contribution in [3.63, 3.8) is 0 Å². The minimum absolute atomic E-state index is 0.0912. The summed E-state index contributed by atoms with van der Waals surface area (Å²) in [4.78, 5) is 0. The maximum Gasteiger partial charge on any atom is 0.429 e. The van der Waals surface area contributed by atoms with Crippen LogP contribution in [0, 0.1) is 29.5 Å². The van der Waals surface area contributed by atoms with E-state index in [4.69, 9.17) is 0 Å². The number of hydrogen-bond acceptors (Lipinski definition) is 1. The molecule has 0 aromatic heterocycles. The Labute approximate surface area is 221 Å². The molecule has 0 unspecified atom stereocenters. The van der Waals surface area contributed by atoms with Crippen molar-refractivity contribution in [3.8, 4) is 5.75 Å². The minimum atomic E-state index is -5.14. The average Bonchev–Trinajstić information content (AvgIpc) is 2.87. The second-order valence-electron chi connectivity index (χ2n) is 11.1. The second kappa shape index (κ2) is 11.7. The molecule has 2 aromatic carbocycles. The van der Waals surface area contributed by atoms with Gasteiger partial charge in [-0.25, -0.2) is 4.39 Å². The lowest BCUT2D eigenvalue weighted by Gasteiger charge is -2.36. The van der Waals surface area contributed by atoms with Crippen LogP contribution in [0.1, 0.15) is 87.5 Å². The fraction of sp³-hybridized carbons (Fsp3) is 0.548. The van der Waals surface area contributed by atoms with Crippen LogP contribution in [-0.2, 0) is 18.7 Å². The van der Waals surface area contributed by atoms with Gasteiger partial charge in [0.25, 0.3) is 0 Å². The van der Waals surface area contributed by atoms with E-state index >= 15 is 4.39 Å². The normalized spacial score (nSPS) is 25.1. The monoisotopic (exact) mass is 538 g/mol. The predicted molar refractivity (Wildman–Crippen MR) is 137 cm³/mol. The van der Waals surface area contributed by atoms with E-state index in [1.807, 2.05) is 6.92 Å². The Bertz CT molecular complexity index is 1090. The van der Waals surface area contributed by atoms with E-state index in [1.165, 1.54) is 43.9 Å². The number of hydrogen-bond donors (Lipinski definition) is 0. The van der Waals surface area contributed by atoms with Crippen LogP contribution in [0.25, 0.3) is 6.08 Å². The molecule has 0 radical (unpaired) electrons. The maximum absolute atomic E-state index is 15.1. The van der Waals surface area contributed by atoms with Gasteiger partial charge in [-0.15, -0.1) is 0 Å². The highest BCUT2D eigenvalue weighted by Gasteiger charge is 2.44. The van der Waals surface area contributed by atoms with Gasteiger partial charge in [-0.2, -0.15) is 22.0 Å². The maximum atomic E-state index is 15.1. The molecular formula is C31H36F6O.